The van der Waals surface area contributed by atoms with Crippen molar-refractivity contribution in [1.29, 1.82) is 0 Å². The predicted molar refractivity (Wildman–Crippen MR) is 106 cm³/mol. The van der Waals surface area contributed by atoms with Crippen LogP contribution in [0.15, 0.2) is 60.8 Å². The molecule has 1 amide bonds. The van der Waals surface area contributed by atoms with Gasteiger partial charge in [0.05, 0.1) is 12.7 Å². The summed E-state index contributed by atoms with van der Waals surface area (Å²) in [4.78, 5) is 32.5. The highest BCUT2D eigenvalue weighted by molar-refractivity contribution is 6.03. The molecule has 3 aromatic rings. The second-order valence-electron chi connectivity index (χ2n) is 6.13. The maximum atomic E-state index is 12.5. The third-order valence-corrected chi connectivity index (χ3v) is 3.96. The molecule has 2 N–H and O–H groups in total. The van der Waals surface area contributed by atoms with E-state index in [-0.39, 0.29) is 5.69 Å². The molecule has 0 saturated heterocycles. The highest BCUT2D eigenvalue weighted by Crippen LogP contribution is 2.13. The Balaban J connectivity index is 1.67. The highest BCUT2D eigenvalue weighted by Gasteiger charge is 2.11. The monoisotopic (exact) mass is 376 g/mol. The maximum Gasteiger partial charge on any atom is 0.337 e. The quantitative estimate of drug-likeness (QED) is 0.640. The summed E-state index contributed by atoms with van der Waals surface area (Å²) in [5.74, 6) is -0.513. The lowest BCUT2D eigenvalue weighted by molar-refractivity contribution is 0.0600. The van der Waals surface area contributed by atoms with Crippen molar-refractivity contribution in [3.05, 3.63) is 83.2 Å². The van der Waals surface area contributed by atoms with Crippen LogP contribution in [-0.2, 0) is 11.3 Å². The van der Waals surface area contributed by atoms with Crippen molar-refractivity contribution < 1.29 is 14.3 Å². The fourth-order valence-electron chi connectivity index (χ4n) is 2.61. The lowest BCUT2D eigenvalue weighted by Crippen LogP contribution is -2.15. The summed E-state index contributed by atoms with van der Waals surface area (Å²) in [6.45, 7) is 2.58. The van der Waals surface area contributed by atoms with Gasteiger partial charge in [-0.25, -0.2) is 14.8 Å². The number of rotatable bonds is 6. The van der Waals surface area contributed by atoms with Crippen LogP contribution >= 0.6 is 0 Å². The smallest absolute Gasteiger partial charge is 0.337 e. The standard InChI is InChI=1S/C21H20N4O3/c1-14-5-3-6-15(11-14)13-23-21-22-10-9-18(25-21)19(26)24-17-8-4-7-16(12-17)20(27)28-2/h3-12H,13H2,1-2H3,(H,24,26)(H,22,23,25). The Hall–Kier alpha value is -3.74. The van der Waals surface area contributed by atoms with Gasteiger partial charge in [-0.15, -0.1) is 0 Å². The Bertz CT molecular complexity index is 1000. The number of benzene rings is 2. The van der Waals surface area contributed by atoms with E-state index in [1.54, 1.807) is 24.3 Å². The molecule has 0 atom stereocenters. The number of amides is 1. The van der Waals surface area contributed by atoms with Gasteiger partial charge in [-0.1, -0.05) is 35.9 Å². The summed E-state index contributed by atoms with van der Waals surface area (Å²) in [5, 5.41) is 5.84. The molecule has 7 heteroatoms. The van der Waals surface area contributed by atoms with Crippen molar-refractivity contribution in [3.63, 3.8) is 0 Å². The van der Waals surface area contributed by atoms with Crippen molar-refractivity contribution in [3.8, 4) is 0 Å². The van der Waals surface area contributed by atoms with Crippen LogP contribution in [0.25, 0.3) is 0 Å². The second kappa shape index (κ2) is 8.77. The topological polar surface area (TPSA) is 93.2 Å². The number of aromatic nitrogens is 2. The lowest BCUT2D eigenvalue weighted by atomic mass is 10.1. The van der Waals surface area contributed by atoms with Gasteiger partial charge in [-0.05, 0) is 36.8 Å². The molecule has 7 nitrogen and oxygen atoms in total. The largest absolute Gasteiger partial charge is 0.465 e. The summed E-state index contributed by atoms with van der Waals surface area (Å²) >= 11 is 0. The third kappa shape index (κ3) is 4.91. The van der Waals surface area contributed by atoms with E-state index in [2.05, 4.69) is 31.4 Å². The highest BCUT2D eigenvalue weighted by atomic mass is 16.5. The average Bonchev–Trinajstić information content (AvgIpc) is 2.72. The molecule has 28 heavy (non-hydrogen) atoms. The zero-order chi connectivity index (χ0) is 19.9. The first-order valence-corrected chi connectivity index (χ1v) is 8.67. The minimum Gasteiger partial charge on any atom is -0.465 e. The van der Waals surface area contributed by atoms with Gasteiger partial charge in [-0.2, -0.15) is 0 Å². The maximum absolute atomic E-state index is 12.5. The first-order chi connectivity index (χ1) is 13.5. The van der Waals surface area contributed by atoms with Crippen LogP contribution in [0, 0.1) is 6.92 Å². The minimum atomic E-state index is -0.472. The number of aryl methyl sites for hydroxylation is 1. The van der Waals surface area contributed by atoms with E-state index < -0.39 is 11.9 Å². The van der Waals surface area contributed by atoms with Crippen LogP contribution in [0.1, 0.15) is 32.0 Å². The molecule has 1 aromatic heterocycles. The predicted octanol–water partition coefficient (Wildman–Crippen LogP) is 3.44. The Morgan fingerprint density at radius 3 is 2.68 bits per heavy atom. The van der Waals surface area contributed by atoms with Crippen LogP contribution in [0.2, 0.25) is 0 Å². The lowest BCUT2D eigenvalue weighted by Gasteiger charge is -2.08. The molecular formula is C21H20N4O3. The van der Waals surface area contributed by atoms with Crippen LogP contribution < -0.4 is 10.6 Å². The summed E-state index contributed by atoms with van der Waals surface area (Å²) < 4.78 is 4.69. The SMILES string of the molecule is COC(=O)c1cccc(NC(=O)c2ccnc(NCc3cccc(C)c3)n2)c1. The van der Waals surface area contributed by atoms with Gasteiger partial charge in [-0.3, -0.25) is 4.79 Å². The van der Waals surface area contributed by atoms with Gasteiger partial charge < -0.3 is 15.4 Å². The van der Waals surface area contributed by atoms with E-state index in [1.165, 1.54) is 24.9 Å². The molecule has 0 spiro atoms. The number of carbonyl (C=O) groups excluding carboxylic acids is 2. The first kappa shape index (κ1) is 19.0. The van der Waals surface area contributed by atoms with Crippen LogP contribution in [0.3, 0.4) is 0 Å². The Kier molecular flexibility index (Phi) is 5.96. The van der Waals surface area contributed by atoms with Gasteiger partial charge in [0.1, 0.15) is 5.69 Å². The summed E-state index contributed by atoms with van der Waals surface area (Å²) in [7, 11) is 1.31. The van der Waals surface area contributed by atoms with Gasteiger partial charge in [0.15, 0.2) is 0 Å². The van der Waals surface area contributed by atoms with Crippen LogP contribution in [-0.4, -0.2) is 29.0 Å². The molecule has 3 rings (SSSR count). The van der Waals surface area contributed by atoms with Crippen molar-refractivity contribution in [2.75, 3.05) is 17.7 Å². The van der Waals surface area contributed by atoms with E-state index in [4.69, 9.17) is 0 Å². The Labute approximate surface area is 162 Å². The molecule has 0 radical (unpaired) electrons. The summed E-state index contributed by atoms with van der Waals surface area (Å²) in [6.07, 6.45) is 1.52. The summed E-state index contributed by atoms with van der Waals surface area (Å²) in [5.41, 5.74) is 3.30. The van der Waals surface area contributed by atoms with E-state index in [1.807, 2.05) is 25.1 Å². The number of hydrogen-bond acceptors (Lipinski definition) is 6. The molecule has 2 aromatic carbocycles. The average molecular weight is 376 g/mol. The van der Waals surface area contributed by atoms with Gasteiger partial charge in [0.25, 0.3) is 5.91 Å². The number of nitrogens with one attached hydrogen (secondary N) is 2. The van der Waals surface area contributed by atoms with E-state index in [9.17, 15) is 9.59 Å². The zero-order valence-electron chi connectivity index (χ0n) is 15.6. The Morgan fingerprint density at radius 2 is 1.89 bits per heavy atom. The minimum absolute atomic E-state index is 0.213. The number of ether oxygens (including phenoxy) is 1. The number of carbonyl (C=O) groups is 2. The molecule has 0 bridgehead atoms. The molecule has 0 unspecified atom stereocenters. The second-order valence-corrected chi connectivity index (χ2v) is 6.13. The van der Waals surface area contributed by atoms with Gasteiger partial charge in [0.2, 0.25) is 5.95 Å². The number of hydrogen-bond donors (Lipinski definition) is 2. The van der Waals surface area contributed by atoms with Gasteiger partial charge in [0, 0.05) is 18.4 Å². The van der Waals surface area contributed by atoms with E-state index in [0.29, 0.717) is 23.7 Å². The molecule has 0 aliphatic heterocycles. The number of esters is 1. The van der Waals surface area contributed by atoms with Crippen molar-refractivity contribution in [2.45, 2.75) is 13.5 Å². The van der Waals surface area contributed by atoms with Crippen LogP contribution in [0.5, 0.6) is 0 Å². The number of nitrogens with zero attached hydrogens (tertiary/aromatic N) is 2. The van der Waals surface area contributed by atoms with Crippen molar-refractivity contribution in [1.82, 2.24) is 9.97 Å². The van der Waals surface area contributed by atoms with Crippen LogP contribution in [0.4, 0.5) is 11.6 Å². The van der Waals surface area contributed by atoms with Gasteiger partial charge >= 0.3 is 5.97 Å². The normalized spacial score (nSPS) is 10.2. The molecule has 0 saturated carbocycles. The molecule has 0 aliphatic rings. The fourth-order valence-corrected chi connectivity index (χ4v) is 2.61. The van der Waals surface area contributed by atoms with E-state index >= 15 is 0 Å². The molecule has 0 fully saturated rings. The first-order valence-electron chi connectivity index (χ1n) is 8.67. The van der Waals surface area contributed by atoms with Crippen molar-refractivity contribution in [2.24, 2.45) is 0 Å². The molecule has 142 valence electrons. The molecular weight excluding hydrogens is 356 g/mol. The van der Waals surface area contributed by atoms with Crippen molar-refractivity contribution >= 4 is 23.5 Å². The molecule has 1 heterocycles. The van der Waals surface area contributed by atoms with E-state index in [0.717, 1.165) is 5.56 Å². The fraction of sp³-hybridized carbons (Fsp3) is 0.143. The number of anilines is 2. The molecule has 0 aliphatic carbocycles. The zero-order valence-corrected chi connectivity index (χ0v) is 15.6. The number of methoxy groups -OCH3 is 1. The third-order valence-electron chi connectivity index (χ3n) is 3.96. The Morgan fingerprint density at radius 1 is 1.07 bits per heavy atom. The summed E-state index contributed by atoms with van der Waals surface area (Å²) in [6, 6.07) is 16.1.